The first-order chi connectivity index (χ1) is 13.1. The summed E-state index contributed by atoms with van der Waals surface area (Å²) in [5.74, 6) is 1.19. The van der Waals surface area contributed by atoms with E-state index in [1.165, 1.54) is 0 Å². The third kappa shape index (κ3) is 3.27. The van der Waals surface area contributed by atoms with Crippen molar-refractivity contribution in [2.75, 3.05) is 14.2 Å². The fourth-order valence-corrected chi connectivity index (χ4v) is 3.67. The van der Waals surface area contributed by atoms with Crippen LogP contribution in [0.15, 0.2) is 54.6 Å². The van der Waals surface area contributed by atoms with Crippen molar-refractivity contribution in [2.24, 2.45) is 0 Å². The molecule has 0 aliphatic carbocycles. The van der Waals surface area contributed by atoms with Gasteiger partial charge < -0.3 is 9.47 Å². The van der Waals surface area contributed by atoms with Gasteiger partial charge in [-0.3, -0.25) is 0 Å². The van der Waals surface area contributed by atoms with Gasteiger partial charge in [0.25, 0.3) is 0 Å². The molecule has 6 heteroatoms. The van der Waals surface area contributed by atoms with Crippen molar-refractivity contribution in [3.63, 3.8) is 0 Å². The van der Waals surface area contributed by atoms with E-state index in [1.807, 2.05) is 47.1 Å². The Labute approximate surface area is 166 Å². The van der Waals surface area contributed by atoms with E-state index in [4.69, 9.17) is 37.8 Å². The number of methoxy groups -OCH3 is 2. The number of fused-ring (bicyclic) bond motifs is 3. The normalized spacial score (nSPS) is 11.1. The van der Waals surface area contributed by atoms with Crippen LogP contribution in [0, 0.1) is 0 Å². The zero-order chi connectivity index (χ0) is 19.0. The van der Waals surface area contributed by atoms with E-state index in [0.29, 0.717) is 28.1 Å². The molecule has 4 aromatic rings. The average molecular weight is 400 g/mol. The summed E-state index contributed by atoms with van der Waals surface area (Å²) < 4.78 is 12.7. The molecule has 0 saturated heterocycles. The van der Waals surface area contributed by atoms with Crippen LogP contribution >= 0.6 is 23.2 Å². The van der Waals surface area contributed by atoms with Gasteiger partial charge in [0.1, 0.15) is 17.0 Å². The number of nitrogens with zero attached hydrogens (tertiary/aromatic N) is 2. The first-order valence-electron chi connectivity index (χ1n) is 8.39. The molecule has 0 fully saturated rings. The quantitative estimate of drug-likeness (QED) is 0.355. The van der Waals surface area contributed by atoms with Crippen LogP contribution in [0.1, 0.15) is 5.56 Å². The van der Waals surface area contributed by atoms with Crippen LogP contribution in [-0.4, -0.2) is 19.3 Å². The molecule has 1 heterocycles. The molecule has 0 aliphatic heterocycles. The molecule has 1 aromatic heterocycles. The Kier molecular flexibility index (Phi) is 4.77. The fourth-order valence-electron chi connectivity index (χ4n) is 3.19. The van der Waals surface area contributed by atoms with E-state index in [9.17, 15) is 0 Å². The predicted molar refractivity (Wildman–Crippen MR) is 108 cm³/mol. The Hall–Kier alpha value is -2.56. The van der Waals surface area contributed by atoms with Crippen LogP contribution in [0.4, 0.5) is 0 Å². The summed E-state index contributed by atoms with van der Waals surface area (Å²) in [5.41, 5.74) is 2.83. The molecule has 4 nitrogen and oxygen atoms in total. The number of hydrogen-bond donors (Lipinski definition) is 0. The summed E-state index contributed by atoms with van der Waals surface area (Å²) in [7, 11) is 3.19. The summed E-state index contributed by atoms with van der Waals surface area (Å²) in [5, 5.41) is 7.76. The topological polar surface area (TPSA) is 35.2 Å². The van der Waals surface area contributed by atoms with Gasteiger partial charge in [-0.25, -0.2) is 0 Å². The Morgan fingerprint density at radius 3 is 2.15 bits per heavy atom. The van der Waals surface area contributed by atoms with Gasteiger partial charge in [-0.2, -0.15) is 0 Å². The average Bonchev–Trinajstić information content (AvgIpc) is 2.68. The van der Waals surface area contributed by atoms with Gasteiger partial charge in [0.05, 0.1) is 35.7 Å². The lowest BCUT2D eigenvalue weighted by Crippen LogP contribution is -2.39. The molecule has 0 unspecified atom stereocenters. The molecular formula is C21H17Cl2N2O2+. The fraction of sp³-hybridized carbons (Fsp3) is 0.143. The Bertz CT molecular complexity index is 1150. The second kappa shape index (κ2) is 7.22. The first-order valence-corrected chi connectivity index (χ1v) is 9.15. The van der Waals surface area contributed by atoms with Crippen molar-refractivity contribution < 1.29 is 14.2 Å². The molecule has 0 spiro atoms. The maximum Gasteiger partial charge on any atom is 0.244 e. The van der Waals surface area contributed by atoms with Crippen LogP contribution in [0.2, 0.25) is 10.0 Å². The highest BCUT2D eigenvalue weighted by Crippen LogP contribution is 2.35. The highest BCUT2D eigenvalue weighted by Gasteiger charge is 2.20. The van der Waals surface area contributed by atoms with Crippen molar-refractivity contribution in [2.45, 2.75) is 6.54 Å². The van der Waals surface area contributed by atoms with Crippen LogP contribution in [0.5, 0.6) is 11.5 Å². The van der Waals surface area contributed by atoms with Gasteiger partial charge in [-0.1, -0.05) is 58.2 Å². The number of rotatable bonds is 4. The minimum atomic E-state index is 0.529. The number of benzene rings is 3. The summed E-state index contributed by atoms with van der Waals surface area (Å²) in [6, 6.07) is 17.7. The molecule has 0 saturated carbocycles. The summed E-state index contributed by atoms with van der Waals surface area (Å²) in [6.07, 6.45) is 0. The van der Waals surface area contributed by atoms with E-state index >= 15 is 0 Å². The molecule has 27 heavy (non-hydrogen) atoms. The lowest BCUT2D eigenvalue weighted by molar-refractivity contribution is -0.719. The highest BCUT2D eigenvalue weighted by molar-refractivity contribution is 6.34. The van der Waals surface area contributed by atoms with Crippen LogP contribution in [-0.2, 0) is 6.54 Å². The zero-order valence-corrected chi connectivity index (χ0v) is 16.4. The van der Waals surface area contributed by atoms with Crippen molar-refractivity contribution in [3.8, 4) is 11.5 Å². The van der Waals surface area contributed by atoms with Crippen LogP contribution in [0.3, 0.4) is 0 Å². The van der Waals surface area contributed by atoms with Crippen molar-refractivity contribution >= 4 is 45.0 Å². The smallest absolute Gasteiger partial charge is 0.244 e. The SMILES string of the molecule is COc1cc2n[n+](Cc3ccccc3)c3cc(OC)c(Cl)cc3c2cc1Cl. The second-order valence-corrected chi connectivity index (χ2v) is 6.97. The van der Waals surface area contributed by atoms with Gasteiger partial charge >= 0.3 is 0 Å². The van der Waals surface area contributed by atoms with Gasteiger partial charge in [0.2, 0.25) is 5.52 Å². The van der Waals surface area contributed by atoms with E-state index in [0.717, 1.165) is 27.4 Å². The van der Waals surface area contributed by atoms with Crippen molar-refractivity contribution in [1.29, 1.82) is 0 Å². The number of halogens is 2. The lowest BCUT2D eigenvalue weighted by Gasteiger charge is -2.09. The van der Waals surface area contributed by atoms with Gasteiger partial charge in [0, 0.05) is 22.1 Å². The van der Waals surface area contributed by atoms with Crippen molar-refractivity contribution in [1.82, 2.24) is 5.10 Å². The Morgan fingerprint density at radius 2 is 1.48 bits per heavy atom. The van der Waals surface area contributed by atoms with Gasteiger partial charge in [0.15, 0.2) is 6.54 Å². The molecule has 0 amide bonds. The Balaban J connectivity index is 2.05. The Morgan fingerprint density at radius 1 is 0.852 bits per heavy atom. The van der Waals surface area contributed by atoms with Crippen LogP contribution < -0.4 is 14.2 Å². The van der Waals surface area contributed by atoms with Crippen LogP contribution in [0.25, 0.3) is 21.8 Å². The lowest BCUT2D eigenvalue weighted by atomic mass is 10.1. The van der Waals surface area contributed by atoms with E-state index in [-0.39, 0.29) is 0 Å². The number of ether oxygens (including phenoxy) is 2. The minimum Gasteiger partial charge on any atom is -0.495 e. The monoisotopic (exact) mass is 399 g/mol. The molecule has 0 aliphatic rings. The second-order valence-electron chi connectivity index (χ2n) is 6.15. The predicted octanol–water partition coefficient (Wildman–Crippen LogP) is 5.05. The summed E-state index contributed by atoms with van der Waals surface area (Å²) in [6.45, 7) is 0.614. The zero-order valence-electron chi connectivity index (χ0n) is 14.9. The largest absolute Gasteiger partial charge is 0.495 e. The van der Waals surface area contributed by atoms with Crippen molar-refractivity contribution in [3.05, 3.63) is 70.2 Å². The highest BCUT2D eigenvalue weighted by atomic mass is 35.5. The molecule has 136 valence electrons. The third-order valence-corrected chi connectivity index (χ3v) is 5.10. The van der Waals surface area contributed by atoms with E-state index < -0.39 is 0 Å². The minimum absolute atomic E-state index is 0.529. The maximum atomic E-state index is 6.40. The standard InChI is InChI=1S/C21H17Cl2N2O2/c1-26-20-10-18-14(8-16(20)22)15-9-17(23)21(27-2)11-19(15)25(24-18)12-13-6-4-3-5-7-13/h3-11H,12H2,1-2H3/q+1. The number of aromatic nitrogens is 2. The first kappa shape index (κ1) is 17.8. The van der Waals surface area contributed by atoms with Gasteiger partial charge in [-0.05, 0) is 12.1 Å². The molecule has 0 N–H and O–H groups in total. The molecule has 4 rings (SSSR count). The number of hydrogen-bond acceptors (Lipinski definition) is 3. The molecule has 0 bridgehead atoms. The molecule has 3 aromatic carbocycles. The molecule has 0 atom stereocenters. The van der Waals surface area contributed by atoms with E-state index in [2.05, 4.69) is 12.1 Å². The summed E-state index contributed by atoms with van der Waals surface area (Å²) in [4.78, 5) is 0. The third-order valence-electron chi connectivity index (χ3n) is 4.51. The maximum absolute atomic E-state index is 6.40. The van der Waals surface area contributed by atoms with E-state index in [1.54, 1.807) is 14.2 Å². The van der Waals surface area contributed by atoms with Gasteiger partial charge in [-0.15, -0.1) is 0 Å². The molecule has 0 radical (unpaired) electrons. The summed E-state index contributed by atoms with van der Waals surface area (Å²) >= 11 is 12.8. The molecular weight excluding hydrogens is 383 g/mol.